The summed E-state index contributed by atoms with van der Waals surface area (Å²) in [6.07, 6.45) is 1.48. The summed E-state index contributed by atoms with van der Waals surface area (Å²) in [5.41, 5.74) is 10.5. The van der Waals surface area contributed by atoms with Crippen molar-refractivity contribution in [3.8, 4) is 0 Å². The van der Waals surface area contributed by atoms with E-state index in [0.29, 0.717) is 0 Å². The fourth-order valence-electron chi connectivity index (χ4n) is 0.695. The van der Waals surface area contributed by atoms with E-state index in [2.05, 4.69) is 5.10 Å². The highest BCUT2D eigenvalue weighted by atomic mass is 16.1. The Morgan fingerprint density at radius 3 is 2.60 bits per heavy atom. The first-order valence-electron chi connectivity index (χ1n) is 2.70. The number of nitrogens with two attached hydrogens (primary N) is 2. The summed E-state index contributed by atoms with van der Waals surface area (Å²) < 4.78 is 1.44. The number of carbonyl (C=O) groups is 1. The van der Waals surface area contributed by atoms with Crippen LogP contribution >= 0.6 is 0 Å². The summed E-state index contributed by atoms with van der Waals surface area (Å²) >= 11 is 0. The number of primary amides is 1. The van der Waals surface area contributed by atoms with Crippen molar-refractivity contribution >= 4 is 11.7 Å². The van der Waals surface area contributed by atoms with Crippen LogP contribution in [0, 0.1) is 0 Å². The number of nitrogen functional groups attached to an aromatic ring is 1. The predicted molar refractivity (Wildman–Crippen MR) is 36.1 cm³/mol. The maximum absolute atomic E-state index is 10.5. The standard InChI is InChI=1S/C5H8N4O/c1-9-2-3(5(7)10)4(6)8-9/h2H,1H3,(H2,6,8)(H2,7,10). The Labute approximate surface area is 57.6 Å². The van der Waals surface area contributed by atoms with Crippen LogP contribution in [0.25, 0.3) is 0 Å². The van der Waals surface area contributed by atoms with E-state index >= 15 is 0 Å². The average Bonchev–Trinajstić information content (AvgIpc) is 2.10. The predicted octanol–water partition coefficient (Wildman–Crippen LogP) is -0.899. The lowest BCUT2D eigenvalue weighted by Crippen LogP contribution is -2.11. The van der Waals surface area contributed by atoms with Gasteiger partial charge in [0.1, 0.15) is 5.56 Å². The van der Waals surface area contributed by atoms with Crippen LogP contribution in [0.2, 0.25) is 0 Å². The minimum Gasteiger partial charge on any atom is -0.382 e. The lowest BCUT2D eigenvalue weighted by Gasteiger charge is -1.85. The number of aryl methyl sites for hydroxylation is 1. The van der Waals surface area contributed by atoms with Crippen LogP contribution < -0.4 is 11.5 Å². The lowest BCUT2D eigenvalue weighted by atomic mass is 10.3. The lowest BCUT2D eigenvalue weighted by molar-refractivity contribution is 0.100. The Morgan fingerprint density at radius 2 is 2.40 bits per heavy atom. The zero-order valence-corrected chi connectivity index (χ0v) is 5.53. The van der Waals surface area contributed by atoms with Gasteiger partial charge in [-0.1, -0.05) is 0 Å². The van der Waals surface area contributed by atoms with Gasteiger partial charge in [0, 0.05) is 13.2 Å². The summed E-state index contributed by atoms with van der Waals surface area (Å²) in [6, 6.07) is 0. The first-order valence-corrected chi connectivity index (χ1v) is 2.70. The van der Waals surface area contributed by atoms with Gasteiger partial charge in [-0.15, -0.1) is 0 Å². The van der Waals surface area contributed by atoms with Crippen molar-refractivity contribution in [3.63, 3.8) is 0 Å². The molecule has 0 unspecified atom stereocenters. The van der Waals surface area contributed by atoms with Gasteiger partial charge in [-0.05, 0) is 0 Å². The molecular formula is C5H8N4O. The van der Waals surface area contributed by atoms with Crippen LogP contribution in [0.15, 0.2) is 6.20 Å². The molecule has 54 valence electrons. The first kappa shape index (κ1) is 6.60. The zero-order chi connectivity index (χ0) is 7.72. The molecule has 0 saturated carbocycles. The molecule has 4 N–H and O–H groups in total. The molecule has 0 radical (unpaired) electrons. The molecule has 0 aromatic carbocycles. The number of rotatable bonds is 1. The summed E-state index contributed by atoms with van der Waals surface area (Å²) in [5, 5.41) is 3.73. The SMILES string of the molecule is Cn1cc(C(N)=O)c(N)n1. The van der Waals surface area contributed by atoms with Gasteiger partial charge in [0.2, 0.25) is 0 Å². The molecule has 0 atom stereocenters. The Bertz CT molecular complexity index is 265. The molecule has 1 amide bonds. The van der Waals surface area contributed by atoms with Gasteiger partial charge in [0.15, 0.2) is 5.82 Å². The second-order valence-electron chi connectivity index (χ2n) is 1.97. The highest BCUT2D eigenvalue weighted by Gasteiger charge is 2.07. The maximum Gasteiger partial charge on any atom is 0.254 e. The third kappa shape index (κ3) is 0.928. The van der Waals surface area contributed by atoms with Gasteiger partial charge >= 0.3 is 0 Å². The summed E-state index contributed by atoms with van der Waals surface area (Å²) in [4.78, 5) is 10.5. The van der Waals surface area contributed by atoms with E-state index in [1.165, 1.54) is 10.9 Å². The summed E-state index contributed by atoms with van der Waals surface area (Å²) in [6.45, 7) is 0. The van der Waals surface area contributed by atoms with Gasteiger partial charge in [-0.2, -0.15) is 5.10 Å². The average molecular weight is 140 g/mol. The van der Waals surface area contributed by atoms with Crippen LogP contribution in [-0.4, -0.2) is 15.7 Å². The maximum atomic E-state index is 10.5. The van der Waals surface area contributed by atoms with Crippen molar-refractivity contribution in [1.29, 1.82) is 0 Å². The molecule has 0 saturated heterocycles. The Hall–Kier alpha value is -1.52. The zero-order valence-electron chi connectivity index (χ0n) is 5.53. The first-order chi connectivity index (χ1) is 4.61. The molecule has 1 aromatic heterocycles. The van der Waals surface area contributed by atoms with Gasteiger partial charge in [0.25, 0.3) is 5.91 Å². The van der Waals surface area contributed by atoms with Crippen molar-refractivity contribution in [3.05, 3.63) is 11.8 Å². The summed E-state index contributed by atoms with van der Waals surface area (Å²) in [7, 11) is 1.67. The molecular weight excluding hydrogens is 132 g/mol. The van der Waals surface area contributed by atoms with Crippen LogP contribution in [0.5, 0.6) is 0 Å². The smallest absolute Gasteiger partial charge is 0.254 e. The van der Waals surface area contributed by atoms with Gasteiger partial charge < -0.3 is 11.5 Å². The molecule has 1 heterocycles. The fourth-order valence-corrected chi connectivity index (χ4v) is 0.695. The topological polar surface area (TPSA) is 86.9 Å². The van der Waals surface area contributed by atoms with Gasteiger partial charge in [0.05, 0.1) is 0 Å². The molecule has 0 aliphatic heterocycles. The van der Waals surface area contributed by atoms with E-state index in [1.54, 1.807) is 7.05 Å². The molecule has 10 heavy (non-hydrogen) atoms. The number of carbonyl (C=O) groups excluding carboxylic acids is 1. The van der Waals surface area contributed by atoms with E-state index in [4.69, 9.17) is 11.5 Å². The van der Waals surface area contributed by atoms with Crippen LogP contribution in [-0.2, 0) is 7.05 Å². The molecule has 0 bridgehead atoms. The van der Waals surface area contributed by atoms with Crippen molar-refractivity contribution in [2.45, 2.75) is 0 Å². The number of hydrogen-bond donors (Lipinski definition) is 2. The molecule has 0 fully saturated rings. The number of hydrogen-bond acceptors (Lipinski definition) is 3. The Morgan fingerprint density at radius 1 is 1.80 bits per heavy atom. The number of aromatic nitrogens is 2. The number of nitrogens with zero attached hydrogens (tertiary/aromatic N) is 2. The minimum absolute atomic E-state index is 0.176. The highest BCUT2D eigenvalue weighted by molar-refractivity contribution is 5.96. The third-order valence-corrected chi connectivity index (χ3v) is 1.12. The molecule has 1 rings (SSSR count). The van der Waals surface area contributed by atoms with Crippen LogP contribution in [0.3, 0.4) is 0 Å². The molecule has 0 aliphatic rings. The highest BCUT2D eigenvalue weighted by Crippen LogP contribution is 2.05. The van der Waals surface area contributed by atoms with Crippen molar-refractivity contribution < 1.29 is 4.79 Å². The minimum atomic E-state index is -0.550. The van der Waals surface area contributed by atoms with E-state index < -0.39 is 5.91 Å². The fraction of sp³-hybridized carbons (Fsp3) is 0.200. The van der Waals surface area contributed by atoms with Crippen LogP contribution in [0.4, 0.5) is 5.82 Å². The van der Waals surface area contributed by atoms with E-state index in [9.17, 15) is 4.79 Å². The molecule has 5 heteroatoms. The summed E-state index contributed by atoms with van der Waals surface area (Å²) in [5.74, 6) is -0.374. The molecule has 1 aromatic rings. The largest absolute Gasteiger partial charge is 0.382 e. The van der Waals surface area contributed by atoms with Crippen molar-refractivity contribution in [2.75, 3.05) is 5.73 Å². The Kier molecular flexibility index (Phi) is 1.33. The quantitative estimate of drug-likeness (QED) is 0.530. The van der Waals surface area contributed by atoms with E-state index in [0.717, 1.165) is 0 Å². The molecule has 0 aliphatic carbocycles. The second kappa shape index (κ2) is 2.02. The Balaban J connectivity index is 3.15. The van der Waals surface area contributed by atoms with Gasteiger partial charge in [-0.25, -0.2) is 0 Å². The van der Waals surface area contributed by atoms with E-state index in [-0.39, 0.29) is 11.4 Å². The van der Waals surface area contributed by atoms with Crippen LogP contribution in [0.1, 0.15) is 10.4 Å². The normalized spacial score (nSPS) is 9.70. The second-order valence-corrected chi connectivity index (χ2v) is 1.97. The molecule has 0 spiro atoms. The number of amides is 1. The van der Waals surface area contributed by atoms with Crippen molar-refractivity contribution in [1.82, 2.24) is 9.78 Å². The molecule has 5 nitrogen and oxygen atoms in total. The monoisotopic (exact) mass is 140 g/mol. The van der Waals surface area contributed by atoms with E-state index in [1.807, 2.05) is 0 Å². The number of anilines is 1. The third-order valence-electron chi connectivity index (χ3n) is 1.12. The van der Waals surface area contributed by atoms with Gasteiger partial charge in [-0.3, -0.25) is 9.48 Å². The van der Waals surface area contributed by atoms with Crippen molar-refractivity contribution in [2.24, 2.45) is 12.8 Å².